The fourth-order valence-electron chi connectivity index (χ4n) is 0.581. The molecule has 0 radical (unpaired) electrons. The van der Waals surface area contributed by atoms with E-state index in [0.29, 0.717) is 5.00 Å². The van der Waals surface area contributed by atoms with E-state index in [4.69, 9.17) is 5.73 Å². The molecule has 1 aromatic heterocycles. The number of carbonyl (C=O) groups is 1. The van der Waals surface area contributed by atoms with Gasteiger partial charge in [0.25, 0.3) is 0 Å². The Kier molecular flexibility index (Phi) is 3.26. The van der Waals surface area contributed by atoms with Crippen molar-refractivity contribution in [2.75, 3.05) is 5.32 Å². The molecule has 3 N–H and O–H groups in total. The number of carbonyl (C=O) groups excluding carboxylic acids is 1. The monoisotopic (exact) mass is 216 g/mol. The number of nitrogens with one attached hydrogen (secondary N) is 1. The highest BCUT2D eigenvalue weighted by atomic mass is 32.1. The number of hydrogen-bond acceptors (Lipinski definition) is 5. The minimum atomic E-state index is -0.475. The Hall–Kier alpha value is -1.08. The van der Waals surface area contributed by atoms with Crippen molar-refractivity contribution >= 4 is 39.6 Å². The van der Waals surface area contributed by atoms with Gasteiger partial charge in [-0.3, -0.25) is 4.79 Å². The van der Waals surface area contributed by atoms with Crippen molar-refractivity contribution in [3.05, 3.63) is 6.20 Å². The van der Waals surface area contributed by atoms with Crippen molar-refractivity contribution in [3.63, 3.8) is 0 Å². The molecule has 0 aliphatic carbocycles. The Labute approximate surface area is 84.5 Å². The molecule has 1 atom stereocenters. The Morgan fingerprint density at radius 3 is 3.00 bits per heavy atom. The standard InChI is InChI=1S/C6H8N4OS2/c1-3(5(7)12)6(11)9-4-2-8-10-13-4/h2-3H,1H3,(H2,7,12)(H,9,11). The predicted molar refractivity (Wildman–Crippen MR) is 54.5 cm³/mol. The lowest BCUT2D eigenvalue weighted by atomic mass is 10.2. The number of hydrogen-bond donors (Lipinski definition) is 2. The van der Waals surface area contributed by atoms with Crippen molar-refractivity contribution in [3.8, 4) is 0 Å². The molecule has 1 amide bonds. The van der Waals surface area contributed by atoms with Crippen LogP contribution >= 0.6 is 23.8 Å². The summed E-state index contributed by atoms with van der Waals surface area (Å²) in [5.74, 6) is -0.712. The number of amides is 1. The smallest absolute Gasteiger partial charge is 0.234 e. The number of anilines is 1. The second-order valence-electron chi connectivity index (χ2n) is 2.40. The molecule has 0 saturated carbocycles. The molecule has 1 heterocycles. The van der Waals surface area contributed by atoms with Crippen LogP contribution in [0.5, 0.6) is 0 Å². The van der Waals surface area contributed by atoms with Crippen LogP contribution < -0.4 is 11.1 Å². The maximum Gasteiger partial charge on any atom is 0.234 e. The van der Waals surface area contributed by atoms with Crippen molar-refractivity contribution in [1.29, 1.82) is 0 Å². The molecule has 7 heteroatoms. The van der Waals surface area contributed by atoms with Gasteiger partial charge in [0, 0.05) is 11.5 Å². The van der Waals surface area contributed by atoms with E-state index in [-0.39, 0.29) is 10.9 Å². The summed E-state index contributed by atoms with van der Waals surface area (Å²) in [6.45, 7) is 1.64. The van der Waals surface area contributed by atoms with Gasteiger partial charge in [0.05, 0.1) is 17.1 Å². The molecular formula is C6H8N4OS2. The van der Waals surface area contributed by atoms with Gasteiger partial charge in [-0.05, 0) is 6.92 Å². The van der Waals surface area contributed by atoms with Gasteiger partial charge < -0.3 is 11.1 Å². The lowest BCUT2D eigenvalue weighted by molar-refractivity contribution is -0.117. The molecule has 0 fully saturated rings. The Morgan fingerprint density at radius 1 is 1.85 bits per heavy atom. The maximum atomic E-state index is 11.3. The van der Waals surface area contributed by atoms with Crippen LogP contribution in [-0.4, -0.2) is 20.5 Å². The molecule has 0 aliphatic rings. The normalized spacial score (nSPS) is 12.1. The molecule has 0 saturated heterocycles. The quantitative estimate of drug-likeness (QED) is 0.715. The van der Waals surface area contributed by atoms with Gasteiger partial charge >= 0.3 is 0 Å². The van der Waals surface area contributed by atoms with Crippen molar-refractivity contribution in [1.82, 2.24) is 9.59 Å². The number of thiocarbonyl (C=S) groups is 1. The zero-order valence-electron chi connectivity index (χ0n) is 6.85. The van der Waals surface area contributed by atoms with Crippen LogP contribution in [0.2, 0.25) is 0 Å². The van der Waals surface area contributed by atoms with E-state index in [1.54, 1.807) is 6.92 Å². The van der Waals surface area contributed by atoms with Crippen LogP contribution in [0.1, 0.15) is 6.92 Å². The zero-order chi connectivity index (χ0) is 9.84. The van der Waals surface area contributed by atoms with Gasteiger partial charge in [0.15, 0.2) is 0 Å². The molecule has 1 aromatic rings. The third-order valence-corrected chi connectivity index (χ3v) is 2.36. The van der Waals surface area contributed by atoms with Crippen molar-refractivity contribution < 1.29 is 4.79 Å². The number of nitrogens with zero attached hydrogens (tertiary/aromatic N) is 2. The molecular weight excluding hydrogens is 208 g/mol. The topological polar surface area (TPSA) is 80.9 Å². The number of rotatable bonds is 3. The van der Waals surface area contributed by atoms with E-state index >= 15 is 0 Å². The highest BCUT2D eigenvalue weighted by molar-refractivity contribution is 7.80. The summed E-state index contributed by atoms with van der Waals surface area (Å²) in [6, 6.07) is 0. The zero-order valence-corrected chi connectivity index (χ0v) is 8.48. The molecule has 0 spiro atoms. The first-order valence-corrected chi connectivity index (χ1v) is 4.67. The van der Waals surface area contributed by atoms with Crippen molar-refractivity contribution in [2.24, 2.45) is 11.7 Å². The van der Waals surface area contributed by atoms with Crippen LogP contribution in [-0.2, 0) is 4.79 Å². The summed E-state index contributed by atoms with van der Waals surface area (Å²) >= 11 is 5.78. The average molecular weight is 216 g/mol. The van der Waals surface area contributed by atoms with Gasteiger partial charge in [-0.15, -0.1) is 5.10 Å². The highest BCUT2D eigenvalue weighted by Gasteiger charge is 2.15. The Morgan fingerprint density at radius 2 is 2.54 bits per heavy atom. The van der Waals surface area contributed by atoms with Gasteiger partial charge in [-0.1, -0.05) is 16.7 Å². The van der Waals surface area contributed by atoms with Crippen LogP contribution in [0.3, 0.4) is 0 Å². The van der Waals surface area contributed by atoms with E-state index < -0.39 is 5.92 Å². The predicted octanol–water partition coefficient (Wildman–Crippen LogP) is 0.399. The number of aromatic nitrogens is 2. The van der Waals surface area contributed by atoms with E-state index in [0.717, 1.165) is 11.5 Å². The van der Waals surface area contributed by atoms with E-state index in [9.17, 15) is 4.79 Å². The summed E-state index contributed by atoms with van der Waals surface area (Å²) in [4.78, 5) is 11.5. The van der Waals surface area contributed by atoms with Crippen LogP contribution in [0, 0.1) is 5.92 Å². The summed E-state index contributed by atoms with van der Waals surface area (Å²) < 4.78 is 3.59. The first-order chi connectivity index (χ1) is 6.11. The second kappa shape index (κ2) is 4.24. The van der Waals surface area contributed by atoms with Gasteiger partial charge in [-0.2, -0.15) is 0 Å². The summed E-state index contributed by atoms with van der Waals surface area (Å²) in [5, 5.41) is 6.75. The summed E-state index contributed by atoms with van der Waals surface area (Å²) in [7, 11) is 0. The van der Waals surface area contributed by atoms with E-state index in [1.165, 1.54) is 6.20 Å². The molecule has 1 rings (SSSR count). The van der Waals surface area contributed by atoms with Crippen LogP contribution in [0.4, 0.5) is 5.00 Å². The minimum Gasteiger partial charge on any atom is -0.393 e. The first-order valence-electron chi connectivity index (χ1n) is 3.49. The molecule has 0 bridgehead atoms. The van der Waals surface area contributed by atoms with E-state index in [1.807, 2.05) is 0 Å². The van der Waals surface area contributed by atoms with E-state index in [2.05, 4.69) is 27.1 Å². The third-order valence-electron chi connectivity index (χ3n) is 1.43. The molecule has 0 aliphatic heterocycles. The molecule has 0 aromatic carbocycles. The molecule has 1 unspecified atom stereocenters. The van der Waals surface area contributed by atoms with Crippen LogP contribution in [0.15, 0.2) is 6.20 Å². The number of nitrogens with two attached hydrogens (primary N) is 1. The minimum absolute atomic E-state index is 0.176. The summed E-state index contributed by atoms with van der Waals surface area (Å²) in [5.41, 5.74) is 5.31. The average Bonchev–Trinajstić information content (AvgIpc) is 2.55. The van der Waals surface area contributed by atoms with Gasteiger partial charge in [0.2, 0.25) is 5.91 Å². The Balaban J connectivity index is 2.56. The third kappa shape index (κ3) is 2.71. The molecule has 70 valence electrons. The van der Waals surface area contributed by atoms with Gasteiger partial charge in [0.1, 0.15) is 5.00 Å². The lowest BCUT2D eigenvalue weighted by Gasteiger charge is -2.07. The highest BCUT2D eigenvalue weighted by Crippen LogP contribution is 2.10. The molecule has 5 nitrogen and oxygen atoms in total. The second-order valence-corrected chi connectivity index (χ2v) is 3.65. The fraction of sp³-hybridized carbons (Fsp3) is 0.333. The SMILES string of the molecule is CC(C(=O)Nc1cnns1)C(N)=S. The maximum absolute atomic E-state index is 11.3. The largest absolute Gasteiger partial charge is 0.393 e. The van der Waals surface area contributed by atoms with Gasteiger partial charge in [-0.25, -0.2) is 0 Å². The first kappa shape index (κ1) is 10.0. The van der Waals surface area contributed by atoms with Crippen LogP contribution in [0.25, 0.3) is 0 Å². The lowest BCUT2D eigenvalue weighted by Crippen LogP contribution is -2.30. The Bertz CT molecular complexity index is 310. The summed E-state index contributed by atoms with van der Waals surface area (Å²) in [6.07, 6.45) is 1.47. The van der Waals surface area contributed by atoms with Crippen molar-refractivity contribution in [2.45, 2.75) is 6.92 Å². The fourth-order valence-corrected chi connectivity index (χ4v) is 1.11. The molecule has 13 heavy (non-hydrogen) atoms.